The van der Waals surface area contributed by atoms with Gasteiger partial charge in [0, 0.05) is 6.04 Å². The van der Waals surface area contributed by atoms with Crippen LogP contribution in [0.4, 0.5) is 0 Å². The predicted molar refractivity (Wildman–Crippen MR) is 78.3 cm³/mol. The SMILES string of the molecule is CCCc1[nH]nc(C(=O)NC2CCCCC2)c1S(N)(=O)=O. The molecule has 21 heavy (non-hydrogen) atoms. The molecule has 2 rings (SSSR count). The van der Waals surface area contributed by atoms with Crippen LogP contribution >= 0.6 is 0 Å². The predicted octanol–water partition coefficient (Wildman–Crippen LogP) is 1.07. The third-order valence-corrected chi connectivity index (χ3v) is 4.74. The van der Waals surface area contributed by atoms with Crippen molar-refractivity contribution in [2.75, 3.05) is 0 Å². The van der Waals surface area contributed by atoms with E-state index in [0.29, 0.717) is 12.1 Å². The van der Waals surface area contributed by atoms with Crippen molar-refractivity contribution in [1.82, 2.24) is 15.5 Å². The molecule has 7 nitrogen and oxygen atoms in total. The summed E-state index contributed by atoms with van der Waals surface area (Å²) >= 11 is 0. The summed E-state index contributed by atoms with van der Waals surface area (Å²) in [6.45, 7) is 1.91. The number of primary sulfonamides is 1. The van der Waals surface area contributed by atoms with Gasteiger partial charge in [-0.3, -0.25) is 9.89 Å². The number of rotatable bonds is 5. The van der Waals surface area contributed by atoms with Crippen LogP contribution in [0.3, 0.4) is 0 Å². The minimum Gasteiger partial charge on any atom is -0.348 e. The molecule has 118 valence electrons. The quantitative estimate of drug-likeness (QED) is 0.753. The fourth-order valence-electron chi connectivity index (χ4n) is 2.75. The van der Waals surface area contributed by atoms with E-state index >= 15 is 0 Å². The number of nitrogens with one attached hydrogen (secondary N) is 2. The molecule has 1 aromatic heterocycles. The van der Waals surface area contributed by atoms with Crippen molar-refractivity contribution in [3.8, 4) is 0 Å². The molecule has 1 fully saturated rings. The van der Waals surface area contributed by atoms with E-state index in [1.807, 2.05) is 6.92 Å². The second-order valence-corrected chi connectivity index (χ2v) is 6.98. The molecule has 4 N–H and O–H groups in total. The maximum Gasteiger partial charge on any atom is 0.273 e. The van der Waals surface area contributed by atoms with Crippen molar-refractivity contribution in [2.45, 2.75) is 62.8 Å². The molecule has 0 radical (unpaired) electrons. The first kappa shape index (κ1) is 16.0. The molecule has 0 aliphatic heterocycles. The van der Waals surface area contributed by atoms with Gasteiger partial charge in [0.15, 0.2) is 5.69 Å². The Morgan fingerprint density at radius 3 is 2.62 bits per heavy atom. The average Bonchev–Trinajstić information content (AvgIpc) is 2.84. The van der Waals surface area contributed by atoms with Crippen LogP contribution in [0.15, 0.2) is 4.90 Å². The molecule has 1 aliphatic rings. The van der Waals surface area contributed by atoms with Gasteiger partial charge in [-0.15, -0.1) is 0 Å². The van der Waals surface area contributed by atoms with Gasteiger partial charge in [0.2, 0.25) is 10.0 Å². The summed E-state index contributed by atoms with van der Waals surface area (Å²) in [5, 5.41) is 14.6. The lowest BCUT2D eigenvalue weighted by Gasteiger charge is -2.22. The molecule has 1 aromatic rings. The summed E-state index contributed by atoms with van der Waals surface area (Å²) < 4.78 is 23.5. The number of carbonyl (C=O) groups is 1. The molecule has 0 atom stereocenters. The van der Waals surface area contributed by atoms with Gasteiger partial charge in [-0.25, -0.2) is 13.6 Å². The van der Waals surface area contributed by atoms with Crippen LogP contribution in [-0.2, 0) is 16.4 Å². The third kappa shape index (κ3) is 3.82. The molecule has 0 aromatic carbocycles. The van der Waals surface area contributed by atoms with Gasteiger partial charge < -0.3 is 5.32 Å². The number of carbonyl (C=O) groups excluding carboxylic acids is 1. The summed E-state index contributed by atoms with van der Waals surface area (Å²) in [5.74, 6) is -0.468. The van der Waals surface area contributed by atoms with Gasteiger partial charge in [0.1, 0.15) is 4.90 Å². The molecular weight excluding hydrogens is 292 g/mol. The number of amides is 1. The van der Waals surface area contributed by atoms with E-state index in [0.717, 1.165) is 32.1 Å². The van der Waals surface area contributed by atoms with Crippen LogP contribution in [0.5, 0.6) is 0 Å². The van der Waals surface area contributed by atoms with Crippen molar-refractivity contribution < 1.29 is 13.2 Å². The lowest BCUT2D eigenvalue weighted by molar-refractivity contribution is 0.0919. The van der Waals surface area contributed by atoms with E-state index in [1.54, 1.807) is 0 Å². The molecule has 1 amide bonds. The number of aromatic amines is 1. The Morgan fingerprint density at radius 2 is 2.05 bits per heavy atom. The van der Waals surface area contributed by atoms with Gasteiger partial charge >= 0.3 is 0 Å². The normalized spacial score (nSPS) is 16.9. The van der Waals surface area contributed by atoms with E-state index < -0.39 is 15.9 Å². The van der Waals surface area contributed by atoms with Crippen LogP contribution in [0.2, 0.25) is 0 Å². The molecule has 0 unspecified atom stereocenters. The van der Waals surface area contributed by atoms with Crippen molar-refractivity contribution in [3.63, 3.8) is 0 Å². The standard InChI is InChI=1S/C13H22N4O3S/c1-2-6-10-12(21(14,19)20)11(17-16-10)13(18)15-9-7-4-3-5-8-9/h9H,2-8H2,1H3,(H,15,18)(H,16,17)(H2,14,19,20). The number of hydrogen-bond donors (Lipinski definition) is 3. The first-order valence-electron chi connectivity index (χ1n) is 7.34. The second kappa shape index (κ2) is 6.57. The minimum absolute atomic E-state index is 0.0888. The van der Waals surface area contributed by atoms with Crippen LogP contribution < -0.4 is 10.5 Å². The number of hydrogen-bond acceptors (Lipinski definition) is 4. The first-order chi connectivity index (χ1) is 9.93. The Hall–Kier alpha value is -1.41. The zero-order chi connectivity index (χ0) is 15.5. The van der Waals surface area contributed by atoms with Gasteiger partial charge in [-0.2, -0.15) is 5.10 Å². The summed E-state index contributed by atoms with van der Waals surface area (Å²) in [4.78, 5) is 12.1. The molecule has 8 heteroatoms. The summed E-state index contributed by atoms with van der Waals surface area (Å²) in [5.41, 5.74) is 0.278. The molecule has 1 aliphatic carbocycles. The van der Waals surface area contributed by atoms with Gasteiger partial charge in [-0.05, 0) is 19.3 Å². The fraction of sp³-hybridized carbons (Fsp3) is 0.692. The highest BCUT2D eigenvalue weighted by atomic mass is 32.2. The Kier molecular flexibility index (Phi) is 5.00. The highest BCUT2D eigenvalue weighted by Gasteiger charge is 2.28. The van der Waals surface area contributed by atoms with E-state index in [2.05, 4.69) is 15.5 Å². The van der Waals surface area contributed by atoms with Crippen LogP contribution in [0, 0.1) is 0 Å². The van der Waals surface area contributed by atoms with Gasteiger partial charge in [-0.1, -0.05) is 32.6 Å². The van der Waals surface area contributed by atoms with E-state index in [9.17, 15) is 13.2 Å². The molecule has 1 saturated carbocycles. The zero-order valence-corrected chi connectivity index (χ0v) is 13.0. The van der Waals surface area contributed by atoms with E-state index in [-0.39, 0.29) is 16.6 Å². The Morgan fingerprint density at radius 1 is 1.38 bits per heavy atom. The maximum absolute atomic E-state index is 12.3. The van der Waals surface area contributed by atoms with Gasteiger partial charge in [0.05, 0.1) is 5.69 Å². The zero-order valence-electron chi connectivity index (χ0n) is 12.2. The summed E-state index contributed by atoms with van der Waals surface area (Å²) in [6.07, 6.45) is 6.39. The monoisotopic (exact) mass is 314 g/mol. The van der Waals surface area contributed by atoms with Crippen molar-refractivity contribution in [2.24, 2.45) is 5.14 Å². The molecule has 0 saturated heterocycles. The summed E-state index contributed by atoms with van der Waals surface area (Å²) in [7, 11) is -3.98. The number of nitrogens with two attached hydrogens (primary N) is 1. The fourth-order valence-corrected chi connectivity index (χ4v) is 3.65. The van der Waals surface area contributed by atoms with Crippen LogP contribution in [0.25, 0.3) is 0 Å². The summed E-state index contributed by atoms with van der Waals surface area (Å²) in [6, 6.07) is 0.0888. The Labute approximate surface area is 124 Å². The molecule has 0 bridgehead atoms. The van der Waals surface area contributed by atoms with Crippen molar-refractivity contribution in [3.05, 3.63) is 11.4 Å². The Balaban J connectivity index is 2.24. The topological polar surface area (TPSA) is 118 Å². The van der Waals surface area contributed by atoms with E-state index in [4.69, 9.17) is 5.14 Å². The third-order valence-electron chi connectivity index (χ3n) is 3.73. The largest absolute Gasteiger partial charge is 0.348 e. The highest BCUT2D eigenvalue weighted by Crippen LogP contribution is 2.21. The highest BCUT2D eigenvalue weighted by molar-refractivity contribution is 7.89. The first-order valence-corrected chi connectivity index (χ1v) is 8.89. The number of H-pyrrole nitrogens is 1. The Bertz CT molecular complexity index is 603. The average molecular weight is 314 g/mol. The van der Waals surface area contributed by atoms with Crippen LogP contribution in [-0.4, -0.2) is 30.6 Å². The smallest absolute Gasteiger partial charge is 0.273 e. The number of sulfonamides is 1. The molecule has 0 spiro atoms. The molecule has 1 heterocycles. The van der Waals surface area contributed by atoms with Crippen LogP contribution in [0.1, 0.15) is 61.6 Å². The molecular formula is C13H22N4O3S. The van der Waals surface area contributed by atoms with E-state index in [1.165, 1.54) is 6.42 Å². The van der Waals surface area contributed by atoms with Crippen molar-refractivity contribution in [1.29, 1.82) is 0 Å². The number of nitrogens with zero attached hydrogens (tertiary/aromatic N) is 1. The van der Waals surface area contributed by atoms with Gasteiger partial charge in [0.25, 0.3) is 5.91 Å². The van der Waals surface area contributed by atoms with Crippen molar-refractivity contribution >= 4 is 15.9 Å². The lowest BCUT2D eigenvalue weighted by Crippen LogP contribution is -2.37. The number of aromatic nitrogens is 2. The maximum atomic E-state index is 12.3. The lowest BCUT2D eigenvalue weighted by atomic mass is 9.95. The number of aryl methyl sites for hydroxylation is 1. The minimum atomic E-state index is -3.98. The second-order valence-electron chi connectivity index (χ2n) is 5.48.